The summed E-state index contributed by atoms with van der Waals surface area (Å²) in [5.41, 5.74) is 3.42. The Labute approximate surface area is 249 Å². The van der Waals surface area contributed by atoms with Crippen molar-refractivity contribution in [3.8, 4) is 17.2 Å². The fraction of sp³-hybridized carbons (Fsp3) is 0.438. The number of anilines is 2. The van der Waals surface area contributed by atoms with Gasteiger partial charge >= 0.3 is 0 Å². The highest BCUT2D eigenvalue weighted by Gasteiger charge is 2.23. The van der Waals surface area contributed by atoms with Gasteiger partial charge in [-0.25, -0.2) is 8.42 Å². The molecule has 9 nitrogen and oxygen atoms in total. The summed E-state index contributed by atoms with van der Waals surface area (Å²) in [5, 5.41) is 6.34. The summed E-state index contributed by atoms with van der Waals surface area (Å²) in [5.74, 6) is 1.72. The van der Waals surface area contributed by atoms with E-state index in [0.29, 0.717) is 28.7 Å². The molecule has 1 aromatic heterocycles. The van der Waals surface area contributed by atoms with E-state index < -0.39 is 10.0 Å². The summed E-state index contributed by atoms with van der Waals surface area (Å²) in [6.07, 6.45) is 6.03. The number of ether oxygens (including phenoxy) is 2. The summed E-state index contributed by atoms with van der Waals surface area (Å²) >= 11 is 0. The minimum Gasteiger partial charge on any atom is -0.489 e. The third kappa shape index (κ3) is 8.45. The third-order valence-corrected chi connectivity index (χ3v) is 7.80. The number of aromatic nitrogens is 1. The first-order chi connectivity index (χ1) is 19.8. The van der Waals surface area contributed by atoms with Crippen molar-refractivity contribution in [1.82, 2.24) is 10.3 Å². The van der Waals surface area contributed by atoms with Crippen LogP contribution < -0.4 is 24.8 Å². The number of piperidine rings is 1. The Morgan fingerprint density at radius 3 is 2.45 bits per heavy atom. The number of aryl methyl sites for hydroxylation is 1. The second-order valence-electron chi connectivity index (χ2n) is 11.9. The maximum atomic E-state index is 13.5. The van der Waals surface area contributed by atoms with E-state index in [-0.39, 0.29) is 29.4 Å². The van der Waals surface area contributed by atoms with Crippen molar-refractivity contribution in [2.75, 3.05) is 36.0 Å². The standard InChI is InChI=1S/C32H42N4O5S/c1-7-40-30-27(18-24(32(3,4)5)19-28(30)36-42(6,38)39)35-31(37)23-9-8-21(2)29(17-23)41-26-12-15-34-25(20-26)16-22-10-13-33-14-11-22/h8-9,12,15,17-20,22,33,36H,7,10-11,13-14,16H2,1-6H3,(H,35,37). The summed E-state index contributed by atoms with van der Waals surface area (Å²) < 4.78 is 38.9. The molecular formula is C32H42N4O5S. The van der Waals surface area contributed by atoms with E-state index in [1.54, 1.807) is 31.3 Å². The molecule has 0 spiro atoms. The van der Waals surface area contributed by atoms with Crippen molar-refractivity contribution in [3.63, 3.8) is 0 Å². The van der Waals surface area contributed by atoms with Crippen molar-refractivity contribution in [2.45, 2.75) is 59.3 Å². The van der Waals surface area contributed by atoms with Crippen LogP contribution in [0.2, 0.25) is 0 Å². The molecule has 1 aliphatic rings. The van der Waals surface area contributed by atoms with E-state index in [0.717, 1.165) is 55.4 Å². The number of carbonyl (C=O) groups excluding carboxylic acids is 1. The Morgan fingerprint density at radius 1 is 1.07 bits per heavy atom. The highest BCUT2D eigenvalue weighted by Crippen LogP contribution is 2.40. The molecule has 4 rings (SSSR count). The van der Waals surface area contributed by atoms with E-state index in [1.807, 2.05) is 52.0 Å². The average Bonchev–Trinajstić information content (AvgIpc) is 2.91. The number of pyridine rings is 1. The Bertz CT molecular complexity index is 1530. The minimum atomic E-state index is -3.60. The SMILES string of the molecule is CCOc1c(NC(=O)c2ccc(C)c(Oc3ccnc(CC4CCNCC4)c3)c2)cc(C(C)(C)C)cc1NS(C)(=O)=O. The van der Waals surface area contributed by atoms with Crippen molar-refractivity contribution in [3.05, 3.63) is 71.0 Å². The number of hydrogen-bond acceptors (Lipinski definition) is 7. The molecule has 10 heteroatoms. The monoisotopic (exact) mass is 594 g/mol. The number of rotatable bonds is 10. The van der Waals surface area contributed by atoms with Crippen LogP contribution in [0.4, 0.5) is 11.4 Å². The zero-order valence-corrected chi connectivity index (χ0v) is 26.2. The van der Waals surface area contributed by atoms with Gasteiger partial charge < -0.3 is 20.1 Å². The Hall–Kier alpha value is -3.63. The number of amides is 1. The molecule has 0 aliphatic carbocycles. The molecule has 0 saturated carbocycles. The van der Waals surface area contributed by atoms with Crippen LogP contribution in [0.5, 0.6) is 17.2 Å². The van der Waals surface area contributed by atoms with E-state index in [1.165, 1.54) is 0 Å². The van der Waals surface area contributed by atoms with Gasteiger partial charge in [-0.2, -0.15) is 0 Å². The minimum absolute atomic E-state index is 0.255. The predicted octanol–water partition coefficient (Wildman–Crippen LogP) is 6.04. The normalized spacial score (nSPS) is 14.3. The molecule has 0 radical (unpaired) electrons. The lowest BCUT2D eigenvalue weighted by molar-refractivity contribution is 0.102. The molecule has 1 aliphatic heterocycles. The van der Waals surface area contributed by atoms with Crippen LogP contribution in [0.3, 0.4) is 0 Å². The number of nitrogens with one attached hydrogen (secondary N) is 3. The first-order valence-electron chi connectivity index (χ1n) is 14.4. The zero-order valence-electron chi connectivity index (χ0n) is 25.3. The fourth-order valence-electron chi connectivity index (χ4n) is 4.92. The number of nitrogens with zero attached hydrogens (tertiary/aromatic N) is 1. The van der Waals surface area contributed by atoms with Crippen LogP contribution in [0.1, 0.15) is 67.7 Å². The lowest BCUT2D eigenvalue weighted by Gasteiger charge is -2.24. The fourth-order valence-corrected chi connectivity index (χ4v) is 5.47. The molecule has 2 aromatic carbocycles. The average molecular weight is 595 g/mol. The van der Waals surface area contributed by atoms with Crippen LogP contribution >= 0.6 is 0 Å². The molecule has 1 fully saturated rings. The summed E-state index contributed by atoms with van der Waals surface area (Å²) in [6, 6.07) is 12.6. The number of benzene rings is 2. The van der Waals surface area contributed by atoms with Gasteiger partial charge in [-0.15, -0.1) is 0 Å². The molecule has 226 valence electrons. The quantitative estimate of drug-likeness (QED) is 0.262. The number of sulfonamides is 1. The second-order valence-corrected chi connectivity index (χ2v) is 13.6. The first-order valence-corrected chi connectivity index (χ1v) is 16.3. The largest absolute Gasteiger partial charge is 0.489 e. The van der Waals surface area contributed by atoms with Crippen molar-refractivity contribution < 1.29 is 22.7 Å². The van der Waals surface area contributed by atoms with Crippen molar-refractivity contribution in [2.24, 2.45) is 5.92 Å². The lowest BCUT2D eigenvalue weighted by Crippen LogP contribution is -2.28. The van der Waals surface area contributed by atoms with Gasteiger partial charge in [0.1, 0.15) is 11.5 Å². The van der Waals surface area contributed by atoms with Crippen LogP contribution in [0.25, 0.3) is 0 Å². The van der Waals surface area contributed by atoms with Crippen LogP contribution in [-0.4, -0.2) is 45.3 Å². The number of hydrogen-bond donors (Lipinski definition) is 3. The summed E-state index contributed by atoms with van der Waals surface area (Å²) in [4.78, 5) is 18.1. The maximum absolute atomic E-state index is 13.5. The van der Waals surface area contributed by atoms with Gasteiger partial charge in [0.05, 0.1) is 24.2 Å². The first kappa shape index (κ1) is 31.3. The molecule has 0 unspecified atom stereocenters. The molecule has 1 amide bonds. The molecule has 2 heterocycles. The second kappa shape index (κ2) is 13.1. The lowest BCUT2D eigenvalue weighted by atomic mass is 9.86. The topological polar surface area (TPSA) is 119 Å². The summed E-state index contributed by atoms with van der Waals surface area (Å²) in [7, 11) is -3.60. The van der Waals surface area contributed by atoms with Gasteiger partial charge in [0.2, 0.25) is 10.0 Å². The van der Waals surface area contributed by atoms with Crippen LogP contribution in [0.15, 0.2) is 48.7 Å². The van der Waals surface area contributed by atoms with Gasteiger partial charge in [-0.05, 0) is 99.0 Å². The molecule has 0 atom stereocenters. The van der Waals surface area contributed by atoms with Gasteiger partial charge in [0.15, 0.2) is 5.75 Å². The molecule has 1 saturated heterocycles. The highest BCUT2D eigenvalue weighted by atomic mass is 32.2. The van der Waals surface area contributed by atoms with Crippen LogP contribution in [-0.2, 0) is 21.9 Å². The molecular weight excluding hydrogens is 552 g/mol. The van der Waals surface area contributed by atoms with E-state index >= 15 is 0 Å². The van der Waals surface area contributed by atoms with Gasteiger partial charge in [-0.1, -0.05) is 26.8 Å². The summed E-state index contributed by atoms with van der Waals surface area (Å²) in [6.45, 7) is 12.1. The smallest absolute Gasteiger partial charge is 0.255 e. The molecule has 42 heavy (non-hydrogen) atoms. The Morgan fingerprint density at radius 2 is 1.79 bits per heavy atom. The molecule has 3 N–H and O–H groups in total. The zero-order chi connectivity index (χ0) is 30.5. The van der Waals surface area contributed by atoms with E-state index in [4.69, 9.17) is 9.47 Å². The van der Waals surface area contributed by atoms with Crippen molar-refractivity contribution in [1.29, 1.82) is 0 Å². The highest BCUT2D eigenvalue weighted by molar-refractivity contribution is 7.92. The predicted molar refractivity (Wildman–Crippen MR) is 168 cm³/mol. The van der Waals surface area contributed by atoms with Gasteiger partial charge in [-0.3, -0.25) is 14.5 Å². The van der Waals surface area contributed by atoms with Gasteiger partial charge in [0.25, 0.3) is 5.91 Å². The molecule has 3 aromatic rings. The third-order valence-electron chi connectivity index (χ3n) is 7.21. The Balaban J connectivity index is 1.60. The number of carbonyl (C=O) groups is 1. The van der Waals surface area contributed by atoms with Crippen molar-refractivity contribution >= 4 is 27.3 Å². The Kier molecular flexibility index (Phi) is 9.78. The van der Waals surface area contributed by atoms with E-state index in [2.05, 4.69) is 20.3 Å². The van der Waals surface area contributed by atoms with E-state index in [9.17, 15) is 13.2 Å². The molecule has 0 bridgehead atoms. The maximum Gasteiger partial charge on any atom is 0.255 e. The van der Waals surface area contributed by atoms with Crippen LogP contribution in [0, 0.1) is 12.8 Å². The van der Waals surface area contributed by atoms with Gasteiger partial charge in [0, 0.05) is 23.5 Å².